The molecule has 0 aliphatic carbocycles. The van der Waals surface area contributed by atoms with E-state index < -0.39 is 15.7 Å². The van der Waals surface area contributed by atoms with Gasteiger partial charge in [-0.25, -0.2) is 12.8 Å². The van der Waals surface area contributed by atoms with Crippen LogP contribution in [-0.2, 0) is 9.84 Å². The van der Waals surface area contributed by atoms with Crippen LogP contribution in [0.4, 0.5) is 10.3 Å². The molecule has 1 N–H and O–H groups in total. The highest BCUT2D eigenvalue weighted by molar-refractivity contribution is 7.91. The number of benzene rings is 2. The highest BCUT2D eigenvalue weighted by atomic mass is 35.5. The molecule has 0 unspecified atom stereocenters. The molecular formula is C19H18ClFN2O3S. The summed E-state index contributed by atoms with van der Waals surface area (Å²) in [6, 6.07) is 11.7. The van der Waals surface area contributed by atoms with E-state index in [1.165, 1.54) is 42.5 Å². The molecule has 0 saturated carbocycles. The molecule has 1 heterocycles. The van der Waals surface area contributed by atoms with Crippen molar-refractivity contribution in [2.75, 3.05) is 11.9 Å². The number of hydrogen-bond acceptors (Lipinski definition) is 5. The van der Waals surface area contributed by atoms with E-state index in [0.29, 0.717) is 11.6 Å². The predicted octanol–water partition coefficient (Wildman–Crippen LogP) is 5.18. The Kier molecular flexibility index (Phi) is 5.82. The molecule has 0 aliphatic heterocycles. The first-order valence-corrected chi connectivity index (χ1v) is 10.3. The number of sulfone groups is 1. The molecule has 0 saturated heterocycles. The van der Waals surface area contributed by atoms with Crippen LogP contribution in [0.5, 0.6) is 0 Å². The van der Waals surface area contributed by atoms with Crippen molar-refractivity contribution in [2.45, 2.75) is 29.7 Å². The number of unbranched alkanes of at least 4 members (excludes halogenated alkanes) is 1. The summed E-state index contributed by atoms with van der Waals surface area (Å²) in [5, 5.41) is 3.09. The van der Waals surface area contributed by atoms with Crippen molar-refractivity contribution < 1.29 is 17.2 Å². The third-order valence-electron chi connectivity index (χ3n) is 3.89. The van der Waals surface area contributed by atoms with E-state index in [0.717, 1.165) is 12.8 Å². The van der Waals surface area contributed by atoms with Gasteiger partial charge in [0.05, 0.1) is 10.5 Å². The maximum atomic E-state index is 14.1. The summed E-state index contributed by atoms with van der Waals surface area (Å²) in [6.07, 6.45) is 1.73. The van der Waals surface area contributed by atoms with E-state index in [1.54, 1.807) is 6.07 Å². The Bertz CT molecular complexity index is 1030. The van der Waals surface area contributed by atoms with Crippen molar-refractivity contribution in [3.05, 3.63) is 59.4 Å². The average Bonchev–Trinajstić information content (AvgIpc) is 3.07. The van der Waals surface area contributed by atoms with Crippen LogP contribution in [-0.4, -0.2) is 19.9 Å². The van der Waals surface area contributed by atoms with Gasteiger partial charge in [0, 0.05) is 11.6 Å². The van der Waals surface area contributed by atoms with Crippen molar-refractivity contribution in [3.8, 4) is 11.5 Å². The molecule has 0 bridgehead atoms. The van der Waals surface area contributed by atoms with Crippen LogP contribution in [0, 0.1) is 5.82 Å². The minimum Gasteiger partial charge on any atom is -0.419 e. The lowest BCUT2D eigenvalue weighted by Gasteiger charge is -2.05. The maximum absolute atomic E-state index is 14.1. The summed E-state index contributed by atoms with van der Waals surface area (Å²) in [6.45, 7) is 2.52. The first-order chi connectivity index (χ1) is 12.9. The van der Waals surface area contributed by atoms with Gasteiger partial charge in [0.15, 0.2) is 0 Å². The van der Waals surface area contributed by atoms with Gasteiger partial charge in [-0.15, -0.1) is 0 Å². The lowest BCUT2D eigenvalue weighted by atomic mass is 10.2. The molecule has 3 rings (SSSR count). The van der Waals surface area contributed by atoms with Crippen LogP contribution in [0.25, 0.3) is 11.5 Å². The summed E-state index contributed by atoms with van der Waals surface area (Å²) in [7, 11) is -3.97. The van der Waals surface area contributed by atoms with Crippen LogP contribution in [0.2, 0.25) is 5.02 Å². The molecule has 0 fully saturated rings. The number of hydrogen-bond donors (Lipinski definition) is 1. The van der Waals surface area contributed by atoms with Gasteiger partial charge in [-0.2, -0.15) is 4.98 Å². The molecule has 0 atom stereocenters. The quantitative estimate of drug-likeness (QED) is 0.545. The second kappa shape index (κ2) is 8.10. The third kappa shape index (κ3) is 4.14. The normalized spacial score (nSPS) is 11.5. The third-order valence-corrected chi connectivity index (χ3v) is 5.83. The second-order valence-corrected chi connectivity index (χ2v) is 8.17. The number of nitrogens with zero attached hydrogens (tertiary/aromatic N) is 1. The van der Waals surface area contributed by atoms with E-state index in [1.807, 2.05) is 6.92 Å². The molecule has 0 amide bonds. The van der Waals surface area contributed by atoms with Crippen molar-refractivity contribution in [2.24, 2.45) is 0 Å². The van der Waals surface area contributed by atoms with E-state index in [9.17, 15) is 12.8 Å². The Morgan fingerprint density at radius 3 is 2.52 bits per heavy atom. The zero-order valence-corrected chi connectivity index (χ0v) is 16.1. The zero-order chi connectivity index (χ0) is 19.4. The molecule has 2 aromatic carbocycles. The van der Waals surface area contributed by atoms with Gasteiger partial charge in [0.2, 0.25) is 26.6 Å². The van der Waals surface area contributed by atoms with Gasteiger partial charge < -0.3 is 9.73 Å². The van der Waals surface area contributed by atoms with Crippen molar-refractivity contribution in [1.82, 2.24) is 4.98 Å². The maximum Gasteiger partial charge on any atom is 0.233 e. The number of rotatable bonds is 7. The molecule has 1 aromatic heterocycles. The summed E-state index contributed by atoms with van der Waals surface area (Å²) in [4.78, 5) is 4.13. The molecule has 142 valence electrons. The summed E-state index contributed by atoms with van der Waals surface area (Å²) < 4.78 is 45.8. The van der Waals surface area contributed by atoms with Crippen LogP contribution >= 0.6 is 11.6 Å². The average molecular weight is 409 g/mol. The Balaban J connectivity index is 2.09. The fourth-order valence-corrected chi connectivity index (χ4v) is 3.86. The van der Waals surface area contributed by atoms with Gasteiger partial charge >= 0.3 is 0 Å². The molecule has 0 aliphatic rings. The van der Waals surface area contributed by atoms with E-state index in [-0.39, 0.29) is 27.3 Å². The lowest BCUT2D eigenvalue weighted by Crippen LogP contribution is -2.08. The minimum atomic E-state index is -3.97. The molecule has 8 heteroatoms. The van der Waals surface area contributed by atoms with Gasteiger partial charge in [0.25, 0.3) is 0 Å². The molecule has 0 spiro atoms. The number of halogens is 2. The zero-order valence-electron chi connectivity index (χ0n) is 14.6. The van der Waals surface area contributed by atoms with Crippen LogP contribution in [0.3, 0.4) is 0 Å². The van der Waals surface area contributed by atoms with Crippen LogP contribution in [0.1, 0.15) is 19.8 Å². The predicted molar refractivity (Wildman–Crippen MR) is 102 cm³/mol. The fourth-order valence-electron chi connectivity index (χ4n) is 2.45. The molecule has 27 heavy (non-hydrogen) atoms. The van der Waals surface area contributed by atoms with Crippen molar-refractivity contribution in [1.29, 1.82) is 0 Å². The Labute approximate surface area is 162 Å². The van der Waals surface area contributed by atoms with Crippen LogP contribution < -0.4 is 5.32 Å². The van der Waals surface area contributed by atoms with Gasteiger partial charge in [-0.3, -0.25) is 0 Å². The smallest absolute Gasteiger partial charge is 0.233 e. The Morgan fingerprint density at radius 1 is 1.15 bits per heavy atom. The second-order valence-electron chi connectivity index (χ2n) is 5.87. The minimum absolute atomic E-state index is 0.00310. The van der Waals surface area contributed by atoms with Gasteiger partial charge in [-0.05, 0) is 42.8 Å². The largest absolute Gasteiger partial charge is 0.419 e. The van der Waals surface area contributed by atoms with E-state index >= 15 is 0 Å². The SMILES string of the molecule is CCCCNc1oc(-c2ccccc2F)nc1S(=O)(=O)c1ccc(Cl)cc1. The Morgan fingerprint density at radius 2 is 1.85 bits per heavy atom. The number of nitrogens with one attached hydrogen (secondary N) is 1. The number of aromatic nitrogens is 1. The van der Waals surface area contributed by atoms with E-state index in [4.69, 9.17) is 16.0 Å². The highest BCUT2D eigenvalue weighted by Crippen LogP contribution is 2.33. The topological polar surface area (TPSA) is 72.2 Å². The molecule has 5 nitrogen and oxygen atoms in total. The number of anilines is 1. The highest BCUT2D eigenvalue weighted by Gasteiger charge is 2.29. The molecule has 0 radical (unpaired) electrons. The standard InChI is InChI=1S/C19H18ClFN2O3S/c1-2-3-12-22-18-19(27(24,25)14-10-8-13(20)9-11-14)23-17(26-18)15-6-4-5-7-16(15)21/h4-11,22H,2-3,12H2,1H3. The first-order valence-electron chi connectivity index (χ1n) is 8.43. The van der Waals surface area contributed by atoms with Crippen molar-refractivity contribution >= 4 is 27.3 Å². The van der Waals surface area contributed by atoms with Gasteiger partial charge in [-0.1, -0.05) is 37.1 Å². The molecular weight excluding hydrogens is 391 g/mol. The van der Waals surface area contributed by atoms with Crippen LogP contribution in [0.15, 0.2) is 62.9 Å². The van der Waals surface area contributed by atoms with E-state index in [2.05, 4.69) is 10.3 Å². The summed E-state index contributed by atoms with van der Waals surface area (Å²) in [5.41, 5.74) is 0.0913. The molecule has 3 aromatic rings. The monoisotopic (exact) mass is 408 g/mol. The summed E-state index contributed by atoms with van der Waals surface area (Å²) >= 11 is 5.84. The Hall–Kier alpha value is -2.38. The number of oxazole rings is 1. The fraction of sp³-hybridized carbons (Fsp3) is 0.211. The summed E-state index contributed by atoms with van der Waals surface area (Å²) in [5.74, 6) is -0.648. The first kappa shape index (κ1) is 19.4. The van der Waals surface area contributed by atoms with Gasteiger partial charge in [0.1, 0.15) is 5.82 Å². The lowest BCUT2D eigenvalue weighted by molar-refractivity contribution is 0.566. The van der Waals surface area contributed by atoms with Crippen molar-refractivity contribution in [3.63, 3.8) is 0 Å².